The normalized spacial score (nSPS) is 14.7. The summed E-state index contributed by atoms with van der Waals surface area (Å²) in [5.41, 5.74) is 1.38. The molecule has 0 aliphatic carbocycles. The van der Waals surface area contributed by atoms with Crippen LogP contribution in [0.4, 0.5) is 11.4 Å². The van der Waals surface area contributed by atoms with Crippen molar-refractivity contribution in [3.63, 3.8) is 0 Å². The van der Waals surface area contributed by atoms with E-state index in [1.165, 1.54) is 11.6 Å². The number of ether oxygens (including phenoxy) is 2. The SMILES string of the molecule is CCn1nc(C(=O)O[C@H](C)C(=O)Nc2ccc(N3CCOCC3)cc2)c2ccccc2c1=O. The van der Waals surface area contributed by atoms with Gasteiger partial charge in [0.05, 0.1) is 18.6 Å². The van der Waals surface area contributed by atoms with Crippen LogP contribution in [0.15, 0.2) is 53.3 Å². The summed E-state index contributed by atoms with van der Waals surface area (Å²) in [7, 11) is 0. The quantitative estimate of drug-likeness (QED) is 0.576. The number of anilines is 2. The maximum atomic E-state index is 12.8. The van der Waals surface area contributed by atoms with E-state index in [1.54, 1.807) is 31.2 Å². The number of hydrogen-bond donors (Lipinski definition) is 1. The molecule has 4 rings (SSSR count). The highest BCUT2D eigenvalue weighted by molar-refractivity contribution is 6.03. The van der Waals surface area contributed by atoms with Crippen LogP contribution in [0, 0.1) is 0 Å². The van der Waals surface area contributed by atoms with Gasteiger partial charge in [-0.1, -0.05) is 18.2 Å². The lowest BCUT2D eigenvalue weighted by Gasteiger charge is -2.28. The van der Waals surface area contributed by atoms with Crippen LogP contribution in [0.1, 0.15) is 24.3 Å². The Bertz CT molecular complexity index is 1220. The van der Waals surface area contributed by atoms with Crippen molar-refractivity contribution >= 4 is 34.0 Å². The average molecular weight is 450 g/mol. The fourth-order valence-electron chi connectivity index (χ4n) is 3.69. The van der Waals surface area contributed by atoms with E-state index in [-0.39, 0.29) is 11.3 Å². The summed E-state index contributed by atoms with van der Waals surface area (Å²) >= 11 is 0. The molecular formula is C24H26N4O5. The Morgan fingerprint density at radius 3 is 2.42 bits per heavy atom. The van der Waals surface area contributed by atoms with Crippen LogP contribution in [0.5, 0.6) is 0 Å². The average Bonchev–Trinajstić information content (AvgIpc) is 2.85. The Morgan fingerprint density at radius 2 is 1.76 bits per heavy atom. The van der Waals surface area contributed by atoms with Gasteiger partial charge in [0.1, 0.15) is 0 Å². The summed E-state index contributed by atoms with van der Waals surface area (Å²) < 4.78 is 12.0. The number of carbonyl (C=O) groups is 2. The number of rotatable bonds is 6. The molecule has 9 nitrogen and oxygen atoms in total. The van der Waals surface area contributed by atoms with E-state index in [4.69, 9.17) is 9.47 Å². The van der Waals surface area contributed by atoms with Crippen molar-refractivity contribution in [3.8, 4) is 0 Å². The first-order chi connectivity index (χ1) is 16.0. The molecule has 0 bridgehead atoms. The molecule has 1 fully saturated rings. The van der Waals surface area contributed by atoms with Crippen LogP contribution >= 0.6 is 0 Å². The van der Waals surface area contributed by atoms with Crippen LogP contribution in [0.3, 0.4) is 0 Å². The molecule has 1 aromatic heterocycles. The van der Waals surface area contributed by atoms with Gasteiger partial charge in [0.2, 0.25) is 0 Å². The lowest BCUT2D eigenvalue weighted by molar-refractivity contribution is -0.123. The molecule has 2 aromatic carbocycles. The van der Waals surface area contributed by atoms with Gasteiger partial charge in [-0.3, -0.25) is 9.59 Å². The number of amides is 1. The van der Waals surface area contributed by atoms with Crippen LogP contribution in [-0.2, 0) is 20.8 Å². The number of morpholine rings is 1. The van der Waals surface area contributed by atoms with E-state index in [1.807, 2.05) is 24.3 Å². The van der Waals surface area contributed by atoms with Crippen molar-refractivity contribution in [2.75, 3.05) is 36.5 Å². The van der Waals surface area contributed by atoms with Crippen molar-refractivity contribution in [2.24, 2.45) is 0 Å². The molecule has 0 radical (unpaired) electrons. The Labute approximate surface area is 190 Å². The maximum absolute atomic E-state index is 12.8. The summed E-state index contributed by atoms with van der Waals surface area (Å²) in [5.74, 6) is -1.23. The van der Waals surface area contributed by atoms with E-state index >= 15 is 0 Å². The molecule has 172 valence electrons. The van der Waals surface area contributed by atoms with E-state index in [9.17, 15) is 14.4 Å². The molecule has 1 amide bonds. The first kappa shape index (κ1) is 22.5. The number of carbonyl (C=O) groups excluding carboxylic acids is 2. The molecule has 9 heteroatoms. The Kier molecular flexibility index (Phi) is 6.69. The molecule has 0 unspecified atom stereocenters. The van der Waals surface area contributed by atoms with Gasteiger partial charge in [-0.05, 0) is 44.2 Å². The molecule has 33 heavy (non-hydrogen) atoms. The third kappa shape index (κ3) is 4.88. The lowest BCUT2D eigenvalue weighted by atomic mass is 10.1. The molecule has 1 saturated heterocycles. The summed E-state index contributed by atoms with van der Waals surface area (Å²) in [4.78, 5) is 40.1. The van der Waals surface area contributed by atoms with Crippen LogP contribution < -0.4 is 15.8 Å². The predicted molar refractivity (Wildman–Crippen MR) is 125 cm³/mol. The third-order valence-electron chi connectivity index (χ3n) is 5.52. The van der Waals surface area contributed by atoms with E-state index in [0.29, 0.717) is 36.2 Å². The molecule has 0 spiro atoms. The topological polar surface area (TPSA) is 103 Å². The first-order valence-electron chi connectivity index (χ1n) is 10.9. The maximum Gasteiger partial charge on any atom is 0.360 e. The summed E-state index contributed by atoms with van der Waals surface area (Å²) in [6.45, 7) is 6.61. The Hall–Kier alpha value is -3.72. The minimum absolute atomic E-state index is 0.00145. The van der Waals surface area contributed by atoms with Gasteiger partial charge in [-0.2, -0.15) is 5.10 Å². The molecule has 1 aliphatic heterocycles. The zero-order valence-corrected chi connectivity index (χ0v) is 18.6. The van der Waals surface area contributed by atoms with Crippen LogP contribution in [0.25, 0.3) is 10.8 Å². The molecule has 0 saturated carbocycles. The number of benzene rings is 2. The zero-order valence-electron chi connectivity index (χ0n) is 18.6. The number of nitrogens with one attached hydrogen (secondary N) is 1. The monoisotopic (exact) mass is 450 g/mol. The minimum atomic E-state index is -1.06. The Morgan fingerprint density at radius 1 is 1.09 bits per heavy atom. The second-order valence-electron chi connectivity index (χ2n) is 7.70. The van der Waals surface area contributed by atoms with Gasteiger partial charge < -0.3 is 19.7 Å². The first-order valence-corrected chi connectivity index (χ1v) is 10.9. The molecule has 1 atom stereocenters. The minimum Gasteiger partial charge on any atom is -0.448 e. The number of aryl methyl sites for hydroxylation is 1. The fraction of sp³-hybridized carbons (Fsp3) is 0.333. The summed E-state index contributed by atoms with van der Waals surface area (Å²) in [5, 5.41) is 7.68. The van der Waals surface area contributed by atoms with Gasteiger partial charge in [0, 0.05) is 36.4 Å². The van der Waals surface area contributed by atoms with Gasteiger partial charge >= 0.3 is 5.97 Å². The second kappa shape index (κ2) is 9.83. The van der Waals surface area contributed by atoms with Crippen LogP contribution in [-0.4, -0.2) is 54.1 Å². The molecule has 1 aliphatic rings. The van der Waals surface area contributed by atoms with Crippen molar-refractivity contribution in [2.45, 2.75) is 26.5 Å². The third-order valence-corrected chi connectivity index (χ3v) is 5.52. The highest BCUT2D eigenvalue weighted by Gasteiger charge is 2.23. The van der Waals surface area contributed by atoms with E-state index in [2.05, 4.69) is 15.3 Å². The number of aromatic nitrogens is 2. The highest BCUT2D eigenvalue weighted by Crippen LogP contribution is 2.20. The van der Waals surface area contributed by atoms with Crippen molar-refractivity contribution in [3.05, 3.63) is 64.6 Å². The number of esters is 1. The van der Waals surface area contributed by atoms with Gasteiger partial charge in [-0.15, -0.1) is 0 Å². The summed E-state index contributed by atoms with van der Waals surface area (Å²) in [6.07, 6.45) is -1.06. The van der Waals surface area contributed by atoms with Gasteiger partial charge in [-0.25, -0.2) is 9.48 Å². The number of nitrogens with zero attached hydrogens (tertiary/aromatic N) is 3. The zero-order chi connectivity index (χ0) is 23.4. The second-order valence-corrected chi connectivity index (χ2v) is 7.70. The van der Waals surface area contributed by atoms with Gasteiger partial charge in [0.25, 0.3) is 11.5 Å². The largest absolute Gasteiger partial charge is 0.448 e. The smallest absolute Gasteiger partial charge is 0.360 e. The van der Waals surface area contributed by atoms with E-state index < -0.39 is 18.0 Å². The highest BCUT2D eigenvalue weighted by atomic mass is 16.5. The number of fused-ring (bicyclic) bond motifs is 1. The number of hydrogen-bond acceptors (Lipinski definition) is 7. The summed E-state index contributed by atoms with van der Waals surface area (Å²) in [6, 6.07) is 14.2. The molecule has 2 heterocycles. The van der Waals surface area contributed by atoms with Gasteiger partial charge in [0.15, 0.2) is 11.8 Å². The van der Waals surface area contributed by atoms with Crippen molar-refractivity contribution in [1.82, 2.24) is 9.78 Å². The molecule has 1 N–H and O–H groups in total. The standard InChI is InChI=1S/C24H26N4O5/c1-3-28-23(30)20-7-5-4-6-19(20)21(26-28)24(31)33-16(2)22(29)25-17-8-10-18(11-9-17)27-12-14-32-15-13-27/h4-11,16H,3,12-15H2,1-2H3,(H,25,29)/t16-/m1/s1. The van der Waals surface area contributed by atoms with Crippen molar-refractivity contribution in [1.29, 1.82) is 0 Å². The van der Waals surface area contributed by atoms with Crippen LogP contribution in [0.2, 0.25) is 0 Å². The lowest BCUT2D eigenvalue weighted by Crippen LogP contribution is -2.36. The van der Waals surface area contributed by atoms with E-state index in [0.717, 1.165) is 18.8 Å². The molecule has 3 aromatic rings. The van der Waals surface area contributed by atoms with Crippen molar-refractivity contribution < 1.29 is 19.1 Å². The Balaban J connectivity index is 1.44. The molecular weight excluding hydrogens is 424 g/mol. The fourth-order valence-corrected chi connectivity index (χ4v) is 3.69. The predicted octanol–water partition coefficient (Wildman–Crippen LogP) is 2.44.